The van der Waals surface area contributed by atoms with Crippen LogP contribution in [0, 0.1) is 5.92 Å². The summed E-state index contributed by atoms with van der Waals surface area (Å²) in [7, 11) is 1.97. The van der Waals surface area contributed by atoms with Gasteiger partial charge in [0.05, 0.1) is 0 Å². The van der Waals surface area contributed by atoms with Crippen molar-refractivity contribution in [1.82, 2.24) is 10.2 Å². The Morgan fingerprint density at radius 1 is 1.19 bits per heavy atom. The van der Waals surface area contributed by atoms with Gasteiger partial charge in [0, 0.05) is 19.5 Å². The minimum atomic E-state index is 0.0506. The molecule has 1 aliphatic carbocycles. The Morgan fingerprint density at radius 2 is 1.95 bits per heavy atom. The molecular formula is C16H18N4O. The second-order valence-corrected chi connectivity index (χ2v) is 5.38. The lowest BCUT2D eigenvalue weighted by molar-refractivity contribution is -0.117. The third-order valence-electron chi connectivity index (χ3n) is 3.50. The van der Waals surface area contributed by atoms with Crippen molar-refractivity contribution in [1.29, 1.82) is 0 Å². The first-order valence-electron chi connectivity index (χ1n) is 7.12. The molecule has 3 rings (SSSR count). The zero-order valence-corrected chi connectivity index (χ0v) is 12.0. The molecule has 108 valence electrons. The number of hydrogen-bond acceptors (Lipinski definition) is 4. The molecule has 1 amide bonds. The van der Waals surface area contributed by atoms with Crippen LogP contribution in [-0.4, -0.2) is 23.2 Å². The SMILES string of the molecule is CN(Cc1ccccc1)c1ccc(NC(=O)C2CC2)nn1. The quantitative estimate of drug-likeness (QED) is 0.915. The monoisotopic (exact) mass is 282 g/mol. The summed E-state index contributed by atoms with van der Waals surface area (Å²) in [5, 5.41) is 11.0. The minimum Gasteiger partial charge on any atom is -0.354 e. The van der Waals surface area contributed by atoms with Gasteiger partial charge in [-0.3, -0.25) is 4.79 Å². The number of anilines is 2. The maximum atomic E-state index is 11.6. The van der Waals surface area contributed by atoms with Crippen LogP contribution in [0.5, 0.6) is 0 Å². The van der Waals surface area contributed by atoms with Crippen LogP contribution in [0.4, 0.5) is 11.6 Å². The van der Waals surface area contributed by atoms with Crippen LogP contribution in [0.2, 0.25) is 0 Å². The third kappa shape index (κ3) is 3.56. The molecule has 0 bridgehead atoms. The zero-order chi connectivity index (χ0) is 14.7. The lowest BCUT2D eigenvalue weighted by Gasteiger charge is -2.17. The molecule has 21 heavy (non-hydrogen) atoms. The largest absolute Gasteiger partial charge is 0.354 e. The maximum absolute atomic E-state index is 11.6. The average molecular weight is 282 g/mol. The molecule has 1 fully saturated rings. The molecule has 5 heteroatoms. The van der Waals surface area contributed by atoms with E-state index >= 15 is 0 Å². The summed E-state index contributed by atoms with van der Waals surface area (Å²) in [5.41, 5.74) is 1.22. The van der Waals surface area contributed by atoms with Gasteiger partial charge in [0.2, 0.25) is 5.91 Å². The molecule has 0 radical (unpaired) electrons. The minimum absolute atomic E-state index is 0.0506. The van der Waals surface area contributed by atoms with E-state index in [1.807, 2.05) is 36.2 Å². The van der Waals surface area contributed by atoms with Gasteiger partial charge in [0.15, 0.2) is 11.6 Å². The summed E-state index contributed by atoms with van der Waals surface area (Å²) in [6.07, 6.45) is 1.97. The highest BCUT2D eigenvalue weighted by molar-refractivity contribution is 5.93. The highest BCUT2D eigenvalue weighted by atomic mass is 16.2. The maximum Gasteiger partial charge on any atom is 0.228 e. The van der Waals surface area contributed by atoms with E-state index in [1.54, 1.807) is 6.07 Å². The van der Waals surface area contributed by atoms with Crippen LogP contribution in [0.3, 0.4) is 0 Å². The van der Waals surface area contributed by atoms with Gasteiger partial charge in [-0.05, 0) is 30.5 Å². The van der Waals surface area contributed by atoms with E-state index in [0.29, 0.717) is 5.82 Å². The molecule has 5 nitrogen and oxygen atoms in total. The molecule has 2 aromatic rings. The molecule has 1 heterocycles. The predicted molar refractivity (Wildman–Crippen MR) is 81.9 cm³/mol. The van der Waals surface area contributed by atoms with Gasteiger partial charge < -0.3 is 10.2 Å². The highest BCUT2D eigenvalue weighted by Crippen LogP contribution is 2.29. The molecule has 0 spiro atoms. The predicted octanol–water partition coefficient (Wildman–Crippen LogP) is 2.46. The standard InChI is InChI=1S/C16H18N4O/c1-20(11-12-5-3-2-4-6-12)15-10-9-14(18-19-15)17-16(21)13-7-8-13/h2-6,9-10,13H,7-8,11H2,1H3,(H,17,18,21). The van der Waals surface area contributed by atoms with E-state index in [0.717, 1.165) is 25.2 Å². The van der Waals surface area contributed by atoms with Crippen LogP contribution < -0.4 is 10.2 Å². The number of benzene rings is 1. The van der Waals surface area contributed by atoms with E-state index in [9.17, 15) is 4.79 Å². The summed E-state index contributed by atoms with van der Waals surface area (Å²) < 4.78 is 0. The van der Waals surface area contributed by atoms with Crippen LogP contribution in [0.25, 0.3) is 0 Å². The topological polar surface area (TPSA) is 58.1 Å². The lowest BCUT2D eigenvalue weighted by atomic mass is 10.2. The van der Waals surface area contributed by atoms with Crippen molar-refractivity contribution in [3.05, 3.63) is 48.0 Å². The van der Waals surface area contributed by atoms with Crippen molar-refractivity contribution >= 4 is 17.5 Å². The summed E-state index contributed by atoms with van der Waals surface area (Å²) in [6.45, 7) is 0.767. The summed E-state index contributed by atoms with van der Waals surface area (Å²) >= 11 is 0. The van der Waals surface area contributed by atoms with Crippen molar-refractivity contribution in [2.45, 2.75) is 19.4 Å². The summed E-state index contributed by atoms with van der Waals surface area (Å²) in [5.74, 6) is 1.52. The number of rotatable bonds is 5. The van der Waals surface area contributed by atoms with Gasteiger partial charge in [0.1, 0.15) is 0 Å². The Balaban J connectivity index is 1.61. The first-order valence-corrected chi connectivity index (χ1v) is 7.12. The fraction of sp³-hybridized carbons (Fsp3) is 0.312. The van der Waals surface area contributed by atoms with Gasteiger partial charge >= 0.3 is 0 Å². The van der Waals surface area contributed by atoms with Crippen molar-refractivity contribution in [2.24, 2.45) is 5.92 Å². The Morgan fingerprint density at radius 3 is 2.57 bits per heavy atom. The molecular weight excluding hydrogens is 264 g/mol. The van der Waals surface area contributed by atoms with E-state index < -0.39 is 0 Å². The fourth-order valence-electron chi connectivity index (χ4n) is 2.11. The highest BCUT2D eigenvalue weighted by Gasteiger charge is 2.29. The van der Waals surface area contributed by atoms with E-state index in [4.69, 9.17) is 0 Å². The molecule has 1 aliphatic rings. The number of aromatic nitrogens is 2. The molecule has 1 N–H and O–H groups in total. The van der Waals surface area contributed by atoms with Gasteiger partial charge in [-0.25, -0.2) is 0 Å². The van der Waals surface area contributed by atoms with Gasteiger partial charge in [-0.15, -0.1) is 10.2 Å². The Hall–Kier alpha value is -2.43. The van der Waals surface area contributed by atoms with Gasteiger partial charge in [0.25, 0.3) is 0 Å². The van der Waals surface area contributed by atoms with Gasteiger partial charge in [-0.2, -0.15) is 0 Å². The van der Waals surface area contributed by atoms with Crippen molar-refractivity contribution in [2.75, 3.05) is 17.3 Å². The number of carbonyl (C=O) groups excluding carboxylic acids is 1. The van der Waals surface area contributed by atoms with E-state index in [-0.39, 0.29) is 11.8 Å². The molecule has 1 saturated carbocycles. The lowest BCUT2D eigenvalue weighted by Crippen LogP contribution is -2.19. The second kappa shape index (κ2) is 5.91. The van der Waals surface area contributed by atoms with Gasteiger partial charge in [-0.1, -0.05) is 30.3 Å². The Kier molecular flexibility index (Phi) is 3.81. The smallest absolute Gasteiger partial charge is 0.228 e. The Labute approximate surface area is 124 Å². The molecule has 1 aromatic carbocycles. The average Bonchev–Trinajstić information content (AvgIpc) is 3.33. The number of hydrogen-bond donors (Lipinski definition) is 1. The second-order valence-electron chi connectivity index (χ2n) is 5.38. The number of amides is 1. The van der Waals surface area contributed by atoms with E-state index in [2.05, 4.69) is 27.6 Å². The Bertz CT molecular complexity index is 608. The van der Waals surface area contributed by atoms with Crippen LogP contribution >= 0.6 is 0 Å². The van der Waals surface area contributed by atoms with Crippen LogP contribution in [0.15, 0.2) is 42.5 Å². The number of nitrogens with one attached hydrogen (secondary N) is 1. The van der Waals surface area contributed by atoms with Crippen LogP contribution in [0.1, 0.15) is 18.4 Å². The third-order valence-corrected chi connectivity index (χ3v) is 3.50. The normalized spacial score (nSPS) is 13.8. The number of carbonyl (C=O) groups is 1. The van der Waals surface area contributed by atoms with Crippen molar-refractivity contribution in [3.8, 4) is 0 Å². The molecule has 0 aliphatic heterocycles. The summed E-state index contributed by atoms with van der Waals surface area (Å²) in [6, 6.07) is 13.9. The molecule has 0 saturated heterocycles. The molecule has 0 unspecified atom stereocenters. The first-order chi connectivity index (χ1) is 10.2. The zero-order valence-electron chi connectivity index (χ0n) is 12.0. The van der Waals surface area contributed by atoms with Crippen molar-refractivity contribution < 1.29 is 4.79 Å². The first kappa shape index (κ1) is 13.5. The van der Waals surface area contributed by atoms with Crippen molar-refractivity contribution in [3.63, 3.8) is 0 Å². The molecule has 1 aromatic heterocycles. The van der Waals surface area contributed by atoms with Crippen LogP contribution in [-0.2, 0) is 11.3 Å². The van der Waals surface area contributed by atoms with E-state index in [1.165, 1.54) is 5.56 Å². The number of nitrogens with zero attached hydrogens (tertiary/aromatic N) is 3. The summed E-state index contributed by atoms with van der Waals surface area (Å²) in [4.78, 5) is 13.7. The molecule has 0 atom stereocenters. The fourth-order valence-corrected chi connectivity index (χ4v) is 2.11.